The number of hydrogen-bond donors (Lipinski definition) is 3. The van der Waals surface area contributed by atoms with Crippen molar-refractivity contribution in [1.82, 2.24) is 0 Å². The summed E-state index contributed by atoms with van der Waals surface area (Å²) >= 11 is 0. The smallest absolute Gasteiger partial charge is 0.341 e. The quantitative estimate of drug-likeness (QED) is 0.0488. The number of furan rings is 3. The van der Waals surface area contributed by atoms with Gasteiger partial charge in [0, 0.05) is 79.6 Å². The standard InChI is InChI=1S/C29H22O7.C28H20O7.C26H18O6/c1-15-5-3-6-20-19(15)13-14-21-25(20)27(34)26(33)24-16(2)28(36-29(21)24)17-9-11-18(12-10-17)35-23(32)8-4-7-22(30)31;1-14-4-3-5-19-18(14)10-11-20-24(19)26(33)25(32)23-15(2)27(35-28(20)23)16-6-8-17(9-7-16)34-22(31)13-12-21(29)30;1-13-4-3-5-18-17(13)10-11-19-22(18)24(30)23(29)21-14(2)25(32-26(19)21)15-6-8-16(9-7-15)31-12-20(27)28/h3,5-6,9-14H,4,7-8H2,1-2H3,(H,30,31);3-11H,12-13H2,1-2H3,(H,29,30);3-11H,12H2,1-2H3,(H,27,28). The second kappa shape index (κ2) is 27.5. The number of carboxylic acids is 3. The molecule has 3 N–H and O–H groups in total. The van der Waals surface area contributed by atoms with E-state index >= 15 is 0 Å². The monoisotopic (exact) mass is 1380 g/mol. The number of aliphatic carboxylic acids is 3. The van der Waals surface area contributed by atoms with E-state index in [9.17, 15) is 52.7 Å². The third kappa shape index (κ3) is 12.7. The Balaban J connectivity index is 0.000000138. The second-order valence-electron chi connectivity index (χ2n) is 25.1. The third-order valence-corrected chi connectivity index (χ3v) is 18.5. The molecule has 0 amide bonds. The number of carboxylic acid groups (broad SMARTS) is 3. The lowest BCUT2D eigenvalue weighted by molar-refractivity contribution is -0.142. The highest BCUT2D eigenvalue weighted by Gasteiger charge is 2.41. The Kier molecular flexibility index (Phi) is 18.2. The number of ketones is 6. The Labute approximate surface area is 585 Å². The van der Waals surface area contributed by atoms with Crippen LogP contribution in [0.25, 0.3) is 100 Å². The Bertz CT molecular complexity index is 5670. The summed E-state index contributed by atoms with van der Waals surface area (Å²) in [5.41, 5.74) is 10.4. The van der Waals surface area contributed by atoms with Gasteiger partial charge < -0.3 is 42.8 Å². The number of benzene rings is 9. The van der Waals surface area contributed by atoms with Crippen molar-refractivity contribution in [3.8, 4) is 85.2 Å². The first-order chi connectivity index (χ1) is 49.4. The lowest BCUT2D eigenvalue weighted by atomic mass is 9.83. The summed E-state index contributed by atoms with van der Waals surface area (Å²) in [6.45, 7) is 10.7. The molecule has 3 aliphatic rings. The summed E-state index contributed by atoms with van der Waals surface area (Å²) in [6.07, 6.45) is -0.438. The van der Waals surface area contributed by atoms with E-state index in [1.165, 1.54) is 0 Å². The fourth-order valence-electron chi connectivity index (χ4n) is 13.4. The Morgan fingerprint density at radius 3 is 0.942 bits per heavy atom. The van der Waals surface area contributed by atoms with Gasteiger partial charge in [0.25, 0.3) is 0 Å². The van der Waals surface area contributed by atoms with Crippen molar-refractivity contribution in [3.05, 3.63) is 231 Å². The molecule has 9 aromatic carbocycles. The molecule has 512 valence electrons. The second-order valence-corrected chi connectivity index (χ2v) is 25.1. The molecular weight excluding hydrogens is 1320 g/mol. The number of hydrogen-bond acceptors (Lipinski definition) is 17. The molecule has 3 aromatic heterocycles. The van der Waals surface area contributed by atoms with Crippen LogP contribution in [-0.4, -0.2) is 86.5 Å². The van der Waals surface area contributed by atoms with Crippen molar-refractivity contribution in [2.75, 3.05) is 6.61 Å². The lowest BCUT2D eigenvalue weighted by Crippen LogP contribution is -2.21. The first kappa shape index (κ1) is 68.3. The number of Topliss-reactive ketones (excluding diaryl/α,β-unsaturated/α-hetero) is 6. The van der Waals surface area contributed by atoms with Gasteiger partial charge in [-0.25, -0.2) is 4.79 Å². The molecule has 20 heteroatoms. The summed E-state index contributed by atoms with van der Waals surface area (Å²) in [5.74, 6) is -4.16. The molecule has 3 heterocycles. The van der Waals surface area contributed by atoms with Crippen molar-refractivity contribution in [3.63, 3.8) is 0 Å². The maximum atomic E-state index is 13.2. The normalized spacial score (nSPS) is 12.4. The summed E-state index contributed by atoms with van der Waals surface area (Å²) in [6, 6.07) is 48.1. The minimum atomic E-state index is -1.08. The Morgan fingerprint density at radius 2 is 0.621 bits per heavy atom. The fourth-order valence-corrected chi connectivity index (χ4v) is 13.4. The van der Waals surface area contributed by atoms with Crippen LogP contribution < -0.4 is 14.2 Å². The van der Waals surface area contributed by atoms with E-state index < -0.39 is 71.2 Å². The van der Waals surface area contributed by atoms with Gasteiger partial charge in [-0.2, -0.15) is 0 Å². The van der Waals surface area contributed by atoms with Crippen molar-refractivity contribution >= 4 is 96.9 Å². The average Bonchev–Trinajstić information content (AvgIpc) is 1.68. The van der Waals surface area contributed by atoms with Crippen LogP contribution >= 0.6 is 0 Å². The van der Waals surface area contributed by atoms with Crippen LogP contribution in [0.3, 0.4) is 0 Å². The number of aryl methyl sites for hydroxylation is 3. The van der Waals surface area contributed by atoms with Gasteiger partial charge in [0.05, 0.1) is 29.5 Å². The van der Waals surface area contributed by atoms with E-state index in [1.807, 2.05) is 112 Å². The molecule has 0 radical (unpaired) electrons. The Morgan fingerprint density at radius 1 is 0.311 bits per heavy atom. The summed E-state index contributed by atoms with van der Waals surface area (Å²) < 4.78 is 34.2. The fraction of sp³-hybridized carbons (Fsp3) is 0.145. The average molecular weight is 1380 g/mol. The van der Waals surface area contributed by atoms with Crippen molar-refractivity contribution in [2.24, 2.45) is 0 Å². The molecule has 0 saturated carbocycles. The number of carbonyl (C=O) groups is 11. The van der Waals surface area contributed by atoms with Crippen LogP contribution in [0, 0.1) is 41.5 Å². The van der Waals surface area contributed by atoms with Crippen molar-refractivity contribution in [2.45, 2.75) is 73.6 Å². The molecule has 0 aliphatic heterocycles. The zero-order valence-corrected chi connectivity index (χ0v) is 56.1. The molecule has 20 nitrogen and oxygen atoms in total. The van der Waals surface area contributed by atoms with Crippen LogP contribution in [0.2, 0.25) is 0 Å². The SMILES string of the molecule is Cc1c(-c2ccc(OC(=O)CCC(=O)O)cc2)oc2c1C(=O)C(=O)c1c-2ccc2c(C)cccc12.Cc1c(-c2ccc(OC(=O)CCCC(=O)O)cc2)oc2c1C(=O)C(=O)c1c-2ccc2c(C)cccc12.Cc1c(-c2ccc(OCC(=O)O)cc2)oc2c1C(=O)C(=O)c1c-2ccc2c(C)cccc12. The number of fused-ring (bicyclic) bond motifs is 15. The summed E-state index contributed by atoms with van der Waals surface area (Å²) in [7, 11) is 0. The van der Waals surface area contributed by atoms with Crippen LogP contribution in [-0.2, 0) is 24.0 Å². The van der Waals surface area contributed by atoms with E-state index in [2.05, 4.69) is 0 Å². The van der Waals surface area contributed by atoms with Gasteiger partial charge in [-0.1, -0.05) is 72.8 Å². The van der Waals surface area contributed by atoms with Crippen molar-refractivity contribution in [1.29, 1.82) is 0 Å². The van der Waals surface area contributed by atoms with Gasteiger partial charge >= 0.3 is 29.8 Å². The van der Waals surface area contributed by atoms with E-state index in [-0.39, 0.29) is 54.5 Å². The van der Waals surface area contributed by atoms with Gasteiger partial charge in [-0.05, 0) is 188 Å². The number of esters is 2. The molecule has 0 bridgehead atoms. The summed E-state index contributed by atoms with van der Waals surface area (Å²) in [5, 5.41) is 31.0. The lowest BCUT2D eigenvalue weighted by Gasteiger charge is -2.16. The largest absolute Gasteiger partial charge is 0.482 e. The van der Waals surface area contributed by atoms with Crippen LogP contribution in [0.4, 0.5) is 0 Å². The molecule has 0 spiro atoms. The first-order valence-electron chi connectivity index (χ1n) is 32.6. The zero-order chi connectivity index (χ0) is 73.0. The predicted octanol–water partition coefficient (Wildman–Crippen LogP) is 16.7. The molecule has 0 saturated heterocycles. The highest BCUT2D eigenvalue weighted by Crippen LogP contribution is 2.48. The number of rotatable bonds is 15. The van der Waals surface area contributed by atoms with Gasteiger partial charge in [-0.3, -0.25) is 47.9 Å². The predicted molar refractivity (Wildman–Crippen MR) is 378 cm³/mol. The minimum absolute atomic E-state index is 0.00181. The van der Waals surface area contributed by atoms with Crippen LogP contribution in [0.15, 0.2) is 177 Å². The van der Waals surface area contributed by atoms with Gasteiger partial charge in [0.1, 0.15) is 51.8 Å². The number of ether oxygens (including phenoxy) is 3. The number of carbonyl (C=O) groups excluding carboxylic acids is 8. The van der Waals surface area contributed by atoms with Crippen LogP contribution in [0.5, 0.6) is 17.2 Å². The van der Waals surface area contributed by atoms with Gasteiger partial charge in [0.15, 0.2) is 6.61 Å². The highest BCUT2D eigenvalue weighted by atomic mass is 16.5. The maximum absolute atomic E-state index is 13.2. The topological polar surface area (TPSA) is 316 Å². The van der Waals surface area contributed by atoms with E-state index in [4.69, 9.17) is 42.8 Å². The zero-order valence-electron chi connectivity index (χ0n) is 56.1. The summed E-state index contributed by atoms with van der Waals surface area (Å²) in [4.78, 5) is 134. The minimum Gasteiger partial charge on any atom is -0.482 e. The molecule has 3 aliphatic carbocycles. The Hall–Kier alpha value is -13.2. The van der Waals surface area contributed by atoms with E-state index in [1.54, 1.807) is 93.6 Å². The van der Waals surface area contributed by atoms with E-state index in [0.717, 1.165) is 49.0 Å². The molecule has 0 fully saturated rings. The molecule has 12 aromatic rings. The molecule has 15 rings (SSSR count). The molecule has 103 heavy (non-hydrogen) atoms. The van der Waals surface area contributed by atoms with Gasteiger partial charge in [-0.15, -0.1) is 0 Å². The molecule has 0 atom stereocenters. The first-order valence-corrected chi connectivity index (χ1v) is 32.6. The maximum Gasteiger partial charge on any atom is 0.341 e. The van der Waals surface area contributed by atoms with Crippen LogP contribution in [0.1, 0.15) is 128 Å². The van der Waals surface area contributed by atoms with Crippen molar-refractivity contribution < 1.29 is 95.5 Å². The third-order valence-electron chi connectivity index (χ3n) is 18.5. The molecule has 0 unspecified atom stereocenters. The highest BCUT2D eigenvalue weighted by molar-refractivity contribution is 6.56. The van der Waals surface area contributed by atoms with E-state index in [0.29, 0.717) is 113 Å². The molecular formula is C83H60O20. The van der Waals surface area contributed by atoms with Gasteiger partial charge in [0.2, 0.25) is 34.7 Å².